The summed E-state index contributed by atoms with van der Waals surface area (Å²) >= 11 is 2.10. The lowest BCUT2D eigenvalue weighted by molar-refractivity contribution is 0.534. The van der Waals surface area contributed by atoms with Gasteiger partial charge in [0, 0.05) is 10.1 Å². The van der Waals surface area contributed by atoms with Gasteiger partial charge in [-0.25, -0.2) is 0 Å². The first kappa shape index (κ1) is 22.6. The average Bonchev–Trinajstić information content (AvgIpc) is 2.63. The van der Waals surface area contributed by atoms with Crippen molar-refractivity contribution in [3.05, 3.63) is 30.3 Å². The SMILES string of the molecule is CCCCCCCCCCCCCCC(CCC)Sc1ccccc1. The van der Waals surface area contributed by atoms with E-state index in [9.17, 15) is 0 Å². The highest BCUT2D eigenvalue weighted by Crippen LogP contribution is 2.29. The Hall–Kier alpha value is -0.430. The Morgan fingerprint density at radius 3 is 1.64 bits per heavy atom. The van der Waals surface area contributed by atoms with Gasteiger partial charge in [0.15, 0.2) is 0 Å². The van der Waals surface area contributed by atoms with E-state index in [-0.39, 0.29) is 0 Å². The fourth-order valence-corrected chi connectivity index (χ4v) is 4.83. The highest BCUT2D eigenvalue weighted by atomic mass is 32.2. The summed E-state index contributed by atoms with van der Waals surface area (Å²) in [5, 5.41) is 0.815. The molecule has 1 aromatic rings. The van der Waals surface area contributed by atoms with Crippen LogP contribution in [-0.2, 0) is 0 Å². The molecule has 0 bridgehead atoms. The van der Waals surface area contributed by atoms with Crippen LogP contribution in [0.15, 0.2) is 35.2 Å². The maximum atomic E-state index is 2.32. The number of hydrogen-bond donors (Lipinski definition) is 0. The quantitative estimate of drug-likeness (QED) is 0.197. The summed E-state index contributed by atoms with van der Waals surface area (Å²) in [5.74, 6) is 0. The fourth-order valence-electron chi connectivity index (χ4n) is 3.49. The van der Waals surface area contributed by atoms with Gasteiger partial charge < -0.3 is 0 Å². The monoisotopic (exact) mass is 362 g/mol. The molecule has 25 heavy (non-hydrogen) atoms. The third-order valence-corrected chi connectivity index (χ3v) is 6.39. The molecule has 0 aliphatic carbocycles. The molecule has 0 N–H and O–H groups in total. The van der Waals surface area contributed by atoms with Crippen LogP contribution < -0.4 is 0 Å². The lowest BCUT2D eigenvalue weighted by atomic mass is 10.0. The van der Waals surface area contributed by atoms with Gasteiger partial charge in [0.05, 0.1) is 0 Å². The summed E-state index contributed by atoms with van der Waals surface area (Å²) in [7, 11) is 0. The molecule has 0 fully saturated rings. The molecule has 0 radical (unpaired) electrons. The van der Waals surface area contributed by atoms with Gasteiger partial charge in [-0.3, -0.25) is 0 Å². The summed E-state index contributed by atoms with van der Waals surface area (Å²) in [5.41, 5.74) is 0. The van der Waals surface area contributed by atoms with Gasteiger partial charge in [-0.15, -0.1) is 11.8 Å². The van der Waals surface area contributed by atoms with Crippen LogP contribution in [0.1, 0.15) is 110 Å². The maximum absolute atomic E-state index is 2.32. The molecule has 1 atom stereocenters. The van der Waals surface area contributed by atoms with Crippen LogP contribution in [0.25, 0.3) is 0 Å². The van der Waals surface area contributed by atoms with Crippen molar-refractivity contribution in [2.24, 2.45) is 0 Å². The third-order valence-electron chi connectivity index (χ3n) is 5.04. The van der Waals surface area contributed by atoms with Crippen molar-refractivity contribution >= 4 is 11.8 Å². The molecular weight excluding hydrogens is 320 g/mol. The minimum absolute atomic E-state index is 0.815. The molecule has 0 aliphatic rings. The summed E-state index contributed by atoms with van der Waals surface area (Å²) in [6.45, 7) is 4.62. The van der Waals surface area contributed by atoms with Crippen molar-refractivity contribution in [3.63, 3.8) is 0 Å². The number of hydrogen-bond acceptors (Lipinski definition) is 1. The van der Waals surface area contributed by atoms with Gasteiger partial charge in [-0.2, -0.15) is 0 Å². The molecule has 0 saturated heterocycles. The summed E-state index contributed by atoms with van der Waals surface area (Å²) in [6, 6.07) is 11.0. The second-order valence-electron chi connectivity index (χ2n) is 7.52. The molecule has 1 unspecified atom stereocenters. The molecule has 0 aromatic heterocycles. The van der Waals surface area contributed by atoms with Gasteiger partial charge in [-0.1, -0.05) is 116 Å². The number of thioether (sulfide) groups is 1. The Kier molecular flexibility index (Phi) is 15.4. The average molecular weight is 363 g/mol. The van der Waals surface area contributed by atoms with Crippen molar-refractivity contribution in [2.75, 3.05) is 0 Å². The normalized spacial score (nSPS) is 12.4. The van der Waals surface area contributed by atoms with Gasteiger partial charge in [0.2, 0.25) is 0 Å². The van der Waals surface area contributed by atoms with Gasteiger partial charge in [0.25, 0.3) is 0 Å². The van der Waals surface area contributed by atoms with Crippen molar-refractivity contribution < 1.29 is 0 Å². The molecule has 0 amide bonds. The van der Waals surface area contributed by atoms with Crippen LogP contribution in [-0.4, -0.2) is 5.25 Å². The predicted octanol–water partition coefficient (Wildman–Crippen LogP) is 9.04. The second kappa shape index (κ2) is 17.0. The Labute approximate surface area is 162 Å². The summed E-state index contributed by atoms with van der Waals surface area (Å²) in [6.07, 6.45) is 21.4. The largest absolute Gasteiger partial charge is 0.123 e. The molecular formula is C24H42S. The van der Waals surface area contributed by atoms with Gasteiger partial charge in [-0.05, 0) is 25.0 Å². The van der Waals surface area contributed by atoms with Crippen LogP contribution in [0, 0.1) is 0 Å². The van der Waals surface area contributed by atoms with E-state index < -0.39 is 0 Å². The lowest BCUT2D eigenvalue weighted by Crippen LogP contribution is -2.02. The third kappa shape index (κ3) is 13.4. The Balaban J connectivity index is 1.96. The van der Waals surface area contributed by atoms with Crippen molar-refractivity contribution in [2.45, 2.75) is 120 Å². The molecule has 1 aromatic carbocycles. The highest BCUT2D eigenvalue weighted by molar-refractivity contribution is 8.00. The standard InChI is InChI=1S/C24H42S/c1-3-5-6-7-8-9-10-11-12-13-14-16-20-23(19-4-2)25-24-21-17-15-18-22-24/h15,17-18,21-23H,3-14,16,19-20H2,1-2H3. The maximum Gasteiger partial charge on any atom is 0.00943 e. The first-order valence-corrected chi connectivity index (χ1v) is 12.0. The van der Waals surface area contributed by atoms with Gasteiger partial charge in [0.1, 0.15) is 0 Å². The van der Waals surface area contributed by atoms with Gasteiger partial charge >= 0.3 is 0 Å². The zero-order valence-corrected chi connectivity index (χ0v) is 17.8. The van der Waals surface area contributed by atoms with Crippen molar-refractivity contribution in [1.82, 2.24) is 0 Å². The molecule has 0 heterocycles. The fraction of sp³-hybridized carbons (Fsp3) is 0.750. The van der Waals surface area contributed by atoms with Crippen LogP contribution >= 0.6 is 11.8 Å². The zero-order chi connectivity index (χ0) is 18.0. The molecule has 0 spiro atoms. The molecule has 144 valence electrons. The van der Waals surface area contributed by atoms with E-state index in [4.69, 9.17) is 0 Å². The van der Waals surface area contributed by atoms with E-state index >= 15 is 0 Å². The summed E-state index contributed by atoms with van der Waals surface area (Å²) in [4.78, 5) is 1.44. The highest BCUT2D eigenvalue weighted by Gasteiger charge is 2.09. The second-order valence-corrected chi connectivity index (χ2v) is 8.89. The lowest BCUT2D eigenvalue weighted by Gasteiger charge is -2.15. The van der Waals surface area contributed by atoms with Crippen molar-refractivity contribution in [3.8, 4) is 0 Å². The van der Waals surface area contributed by atoms with E-state index in [0.717, 1.165) is 5.25 Å². The first-order chi connectivity index (χ1) is 12.4. The molecule has 1 rings (SSSR count). The predicted molar refractivity (Wildman–Crippen MR) is 117 cm³/mol. The van der Waals surface area contributed by atoms with Crippen LogP contribution in [0.4, 0.5) is 0 Å². The zero-order valence-electron chi connectivity index (χ0n) is 17.0. The molecule has 0 nitrogen and oxygen atoms in total. The van der Waals surface area contributed by atoms with E-state index in [2.05, 4.69) is 55.9 Å². The topological polar surface area (TPSA) is 0 Å². The van der Waals surface area contributed by atoms with Crippen LogP contribution in [0.3, 0.4) is 0 Å². The Bertz CT molecular complexity index is 373. The van der Waals surface area contributed by atoms with E-state index in [1.165, 1.54) is 101 Å². The molecule has 0 saturated carbocycles. The number of unbranched alkanes of at least 4 members (excludes halogenated alkanes) is 11. The van der Waals surface area contributed by atoms with Crippen LogP contribution in [0.2, 0.25) is 0 Å². The first-order valence-electron chi connectivity index (χ1n) is 11.1. The van der Waals surface area contributed by atoms with E-state index in [0.29, 0.717) is 0 Å². The Morgan fingerprint density at radius 2 is 1.12 bits per heavy atom. The number of benzene rings is 1. The summed E-state index contributed by atoms with van der Waals surface area (Å²) < 4.78 is 0. The molecule has 1 heteroatoms. The van der Waals surface area contributed by atoms with Crippen molar-refractivity contribution in [1.29, 1.82) is 0 Å². The van der Waals surface area contributed by atoms with E-state index in [1.54, 1.807) is 0 Å². The number of rotatable bonds is 17. The van der Waals surface area contributed by atoms with E-state index in [1.807, 2.05) is 0 Å². The minimum atomic E-state index is 0.815. The Morgan fingerprint density at radius 1 is 0.600 bits per heavy atom. The minimum Gasteiger partial charge on any atom is -0.123 e. The molecule has 0 aliphatic heterocycles. The van der Waals surface area contributed by atoms with Crippen LogP contribution in [0.5, 0.6) is 0 Å². The smallest absolute Gasteiger partial charge is 0.00943 e.